The maximum absolute atomic E-state index is 13.5. The van der Waals surface area contributed by atoms with Gasteiger partial charge in [-0.15, -0.1) is 0 Å². The molecular weight excluding hydrogens is 566 g/mol. The lowest BCUT2D eigenvalue weighted by Crippen LogP contribution is -2.48. The average molecular weight is 608 g/mol. The summed E-state index contributed by atoms with van der Waals surface area (Å²) in [5.41, 5.74) is 1.29. The Hall–Kier alpha value is -4.74. The van der Waals surface area contributed by atoms with Crippen LogP contribution in [0.4, 0.5) is 16.2 Å². The summed E-state index contributed by atoms with van der Waals surface area (Å²) in [6.07, 6.45) is 3.44. The summed E-state index contributed by atoms with van der Waals surface area (Å²) in [5, 5.41) is 22.0. The van der Waals surface area contributed by atoms with E-state index in [0.717, 1.165) is 17.6 Å². The summed E-state index contributed by atoms with van der Waals surface area (Å²) >= 11 is 0. The Kier molecular flexibility index (Phi) is 11.6. The molecule has 12 nitrogen and oxygen atoms in total. The molecule has 12 heteroatoms. The lowest BCUT2D eigenvalue weighted by Gasteiger charge is -2.23. The average Bonchev–Trinajstić information content (AvgIpc) is 3.40. The van der Waals surface area contributed by atoms with Crippen molar-refractivity contribution in [3.05, 3.63) is 81.9 Å². The number of hydrogen-bond acceptors (Lipinski definition) is 7. The molecule has 3 rings (SSSR count). The Labute approximate surface area is 257 Å². The zero-order valence-electron chi connectivity index (χ0n) is 25.7. The number of hydrogen-bond donors (Lipinski definition) is 4. The van der Waals surface area contributed by atoms with Gasteiger partial charge in [0, 0.05) is 30.3 Å². The predicted octanol–water partition coefficient (Wildman–Crippen LogP) is 4.41. The first-order valence-electron chi connectivity index (χ1n) is 14.6. The number of ether oxygens (including phenoxy) is 1. The molecule has 0 unspecified atom stereocenters. The molecule has 0 saturated heterocycles. The van der Waals surface area contributed by atoms with Crippen molar-refractivity contribution in [2.45, 2.75) is 84.0 Å². The third-order valence-electron chi connectivity index (χ3n) is 6.94. The highest BCUT2D eigenvalue weighted by molar-refractivity contribution is 5.98. The van der Waals surface area contributed by atoms with Crippen LogP contribution in [0.3, 0.4) is 0 Å². The summed E-state index contributed by atoms with van der Waals surface area (Å²) in [7, 11) is 0. The van der Waals surface area contributed by atoms with Gasteiger partial charge in [-0.3, -0.25) is 24.5 Å². The van der Waals surface area contributed by atoms with E-state index in [1.165, 1.54) is 24.3 Å². The van der Waals surface area contributed by atoms with Crippen molar-refractivity contribution in [2.75, 3.05) is 5.32 Å². The molecule has 0 bridgehead atoms. The van der Waals surface area contributed by atoms with Crippen molar-refractivity contribution in [3.8, 4) is 0 Å². The highest BCUT2D eigenvalue weighted by atomic mass is 16.6. The molecule has 0 spiro atoms. The fourth-order valence-electron chi connectivity index (χ4n) is 4.86. The number of non-ortho nitro benzene ring substituents is 1. The van der Waals surface area contributed by atoms with Crippen LogP contribution in [-0.2, 0) is 25.5 Å². The van der Waals surface area contributed by atoms with Crippen LogP contribution in [0.2, 0.25) is 0 Å². The van der Waals surface area contributed by atoms with Gasteiger partial charge in [-0.25, -0.2) is 4.79 Å². The molecule has 2 aromatic rings. The van der Waals surface area contributed by atoms with Crippen molar-refractivity contribution < 1.29 is 28.8 Å². The molecule has 0 radical (unpaired) electrons. The number of amides is 4. The number of nitro groups is 1. The molecule has 0 aromatic heterocycles. The monoisotopic (exact) mass is 607 g/mol. The van der Waals surface area contributed by atoms with Gasteiger partial charge in [-0.2, -0.15) is 0 Å². The largest absolute Gasteiger partial charge is 0.444 e. The van der Waals surface area contributed by atoms with Crippen LogP contribution in [0, 0.1) is 16.0 Å². The van der Waals surface area contributed by atoms with E-state index in [9.17, 15) is 29.3 Å². The molecule has 0 heterocycles. The van der Waals surface area contributed by atoms with Crippen LogP contribution >= 0.6 is 0 Å². The maximum Gasteiger partial charge on any atom is 0.408 e. The SMILES string of the molecule is C[C@H](NC(=O)OC(C)(C)C)C(=O)N[C@@H](C)/C=C1/CCC[C@H]1C(=O)N[C@@H](Cc1ccccc1)C(=O)Nc1ccc([N+](=O)[O-])cc1. The van der Waals surface area contributed by atoms with E-state index in [1.807, 2.05) is 36.4 Å². The van der Waals surface area contributed by atoms with E-state index in [4.69, 9.17) is 4.74 Å². The quantitative estimate of drug-likeness (QED) is 0.167. The van der Waals surface area contributed by atoms with Gasteiger partial charge in [-0.05, 0) is 71.6 Å². The number of benzene rings is 2. The Morgan fingerprint density at radius 2 is 1.64 bits per heavy atom. The Morgan fingerprint density at radius 1 is 0.977 bits per heavy atom. The molecule has 4 amide bonds. The standard InChI is InChI=1S/C32H41N5O7/c1-20(33-28(38)21(2)34-31(41)44-32(3,4)5)18-23-12-9-13-26(23)29(39)36-27(19-22-10-7-6-8-11-22)30(40)35-24-14-16-25(17-15-24)37(42)43/h6-8,10-11,14-18,20-21,26-27H,9,12-13,19H2,1-5H3,(H,33,38)(H,34,41)(H,35,40)(H,36,39)/b23-18-/t20-,21-,26+,27-/m0/s1. The number of rotatable bonds is 11. The summed E-state index contributed by atoms with van der Waals surface area (Å²) in [6, 6.07) is 12.6. The predicted molar refractivity (Wildman–Crippen MR) is 166 cm³/mol. The molecule has 236 valence electrons. The van der Waals surface area contributed by atoms with E-state index >= 15 is 0 Å². The smallest absolute Gasteiger partial charge is 0.408 e. The van der Waals surface area contributed by atoms with Crippen LogP contribution in [0.5, 0.6) is 0 Å². The van der Waals surface area contributed by atoms with Crippen LogP contribution in [0.15, 0.2) is 66.2 Å². The fourth-order valence-corrected chi connectivity index (χ4v) is 4.86. The van der Waals surface area contributed by atoms with Crippen molar-refractivity contribution >= 4 is 35.2 Å². The van der Waals surface area contributed by atoms with Gasteiger partial charge in [0.05, 0.1) is 10.8 Å². The number of nitro benzene ring substituents is 1. The lowest BCUT2D eigenvalue weighted by molar-refractivity contribution is -0.384. The van der Waals surface area contributed by atoms with E-state index in [2.05, 4.69) is 21.3 Å². The first-order chi connectivity index (χ1) is 20.7. The Balaban J connectivity index is 1.67. The van der Waals surface area contributed by atoms with Gasteiger partial charge in [0.25, 0.3) is 5.69 Å². The molecule has 1 aliphatic carbocycles. The number of anilines is 1. The highest BCUT2D eigenvalue weighted by Gasteiger charge is 2.32. The molecule has 1 fully saturated rings. The second-order valence-corrected chi connectivity index (χ2v) is 11.9. The van der Waals surface area contributed by atoms with Gasteiger partial charge in [0.2, 0.25) is 17.7 Å². The zero-order valence-corrected chi connectivity index (χ0v) is 25.7. The minimum Gasteiger partial charge on any atom is -0.444 e. The summed E-state index contributed by atoms with van der Waals surface area (Å²) in [6.45, 7) is 8.53. The maximum atomic E-state index is 13.5. The Morgan fingerprint density at radius 3 is 2.25 bits per heavy atom. The number of carbonyl (C=O) groups is 4. The zero-order chi connectivity index (χ0) is 32.4. The molecule has 1 aliphatic rings. The van der Waals surface area contributed by atoms with E-state index in [1.54, 1.807) is 34.6 Å². The summed E-state index contributed by atoms with van der Waals surface area (Å²) in [5.74, 6) is -1.62. The number of nitrogens with zero attached hydrogens (tertiary/aromatic N) is 1. The molecule has 0 aliphatic heterocycles. The van der Waals surface area contributed by atoms with Crippen LogP contribution < -0.4 is 21.3 Å². The topological polar surface area (TPSA) is 169 Å². The first kappa shape index (κ1) is 33.8. The van der Waals surface area contributed by atoms with Crippen molar-refractivity contribution in [1.82, 2.24) is 16.0 Å². The second kappa shape index (κ2) is 15.1. The normalized spacial score (nSPS) is 17.6. The van der Waals surface area contributed by atoms with Crippen LogP contribution in [-0.4, -0.2) is 52.5 Å². The third-order valence-corrected chi connectivity index (χ3v) is 6.94. The minimum absolute atomic E-state index is 0.100. The highest BCUT2D eigenvalue weighted by Crippen LogP contribution is 2.32. The molecular formula is C32H41N5O7. The second-order valence-electron chi connectivity index (χ2n) is 11.9. The Bertz CT molecular complexity index is 1370. The molecule has 4 N–H and O–H groups in total. The fraction of sp³-hybridized carbons (Fsp3) is 0.438. The van der Waals surface area contributed by atoms with Crippen molar-refractivity contribution in [2.24, 2.45) is 5.92 Å². The van der Waals surface area contributed by atoms with Crippen LogP contribution in [0.25, 0.3) is 0 Å². The van der Waals surface area contributed by atoms with Crippen molar-refractivity contribution in [1.29, 1.82) is 0 Å². The van der Waals surface area contributed by atoms with Crippen LogP contribution in [0.1, 0.15) is 59.4 Å². The van der Waals surface area contributed by atoms with E-state index in [-0.39, 0.29) is 18.0 Å². The van der Waals surface area contributed by atoms with E-state index < -0.39 is 52.5 Å². The third kappa shape index (κ3) is 10.5. The van der Waals surface area contributed by atoms with Gasteiger partial charge >= 0.3 is 6.09 Å². The summed E-state index contributed by atoms with van der Waals surface area (Å²) < 4.78 is 5.20. The van der Waals surface area contributed by atoms with Crippen molar-refractivity contribution in [3.63, 3.8) is 0 Å². The lowest BCUT2D eigenvalue weighted by atomic mass is 9.98. The van der Waals surface area contributed by atoms with Gasteiger partial charge in [0.15, 0.2) is 0 Å². The first-order valence-corrected chi connectivity index (χ1v) is 14.6. The number of alkyl carbamates (subject to hydrolysis) is 1. The molecule has 4 atom stereocenters. The van der Waals surface area contributed by atoms with Gasteiger partial charge in [0.1, 0.15) is 17.7 Å². The van der Waals surface area contributed by atoms with Gasteiger partial charge in [-0.1, -0.05) is 42.0 Å². The van der Waals surface area contributed by atoms with Gasteiger partial charge < -0.3 is 26.0 Å². The molecule has 1 saturated carbocycles. The number of carbonyl (C=O) groups excluding carboxylic acids is 4. The molecule has 2 aromatic carbocycles. The number of nitrogens with one attached hydrogen (secondary N) is 4. The molecule has 44 heavy (non-hydrogen) atoms. The minimum atomic E-state index is -0.904. The van der Waals surface area contributed by atoms with E-state index in [0.29, 0.717) is 18.5 Å². The summed E-state index contributed by atoms with van der Waals surface area (Å²) in [4.78, 5) is 62.0.